The van der Waals surface area contributed by atoms with Gasteiger partial charge in [-0.1, -0.05) is 13.3 Å². The number of hydrogen-bond acceptors (Lipinski definition) is 3. The SMILES string of the molecule is CCCC1(C(=O)NCCSC(F)(F)F)CCNCC1. The van der Waals surface area contributed by atoms with Crippen molar-refractivity contribution in [2.45, 2.75) is 38.1 Å². The maximum atomic E-state index is 12.2. The fourth-order valence-corrected chi connectivity index (χ4v) is 2.93. The summed E-state index contributed by atoms with van der Waals surface area (Å²) >= 11 is -0.0926. The van der Waals surface area contributed by atoms with Crippen molar-refractivity contribution in [3.05, 3.63) is 0 Å². The second-order valence-corrected chi connectivity index (χ2v) is 5.99. The van der Waals surface area contributed by atoms with E-state index < -0.39 is 5.51 Å². The summed E-state index contributed by atoms with van der Waals surface area (Å²) in [5, 5.41) is 5.87. The van der Waals surface area contributed by atoms with E-state index >= 15 is 0 Å². The van der Waals surface area contributed by atoms with E-state index in [2.05, 4.69) is 10.6 Å². The van der Waals surface area contributed by atoms with Gasteiger partial charge < -0.3 is 10.6 Å². The summed E-state index contributed by atoms with van der Waals surface area (Å²) in [6.07, 6.45) is 3.23. The molecule has 0 saturated carbocycles. The molecule has 0 aromatic rings. The first kappa shape index (κ1) is 16.6. The molecule has 1 heterocycles. The minimum Gasteiger partial charge on any atom is -0.355 e. The quantitative estimate of drug-likeness (QED) is 0.740. The number of thioether (sulfide) groups is 1. The van der Waals surface area contributed by atoms with Crippen LogP contribution in [0.25, 0.3) is 0 Å². The second-order valence-electron chi connectivity index (χ2n) is 4.83. The van der Waals surface area contributed by atoms with Crippen LogP contribution < -0.4 is 10.6 Å². The lowest BCUT2D eigenvalue weighted by Crippen LogP contribution is -2.48. The predicted octanol–water partition coefficient (Wildman–Crippen LogP) is 2.53. The van der Waals surface area contributed by atoms with Crippen molar-refractivity contribution >= 4 is 17.7 Å². The van der Waals surface area contributed by atoms with E-state index in [-0.39, 0.29) is 35.4 Å². The second kappa shape index (κ2) is 7.38. The molecule has 112 valence electrons. The van der Waals surface area contributed by atoms with E-state index in [1.54, 1.807) is 0 Å². The van der Waals surface area contributed by atoms with Gasteiger partial charge >= 0.3 is 5.51 Å². The Bertz CT molecular complexity index is 286. The highest BCUT2D eigenvalue weighted by Crippen LogP contribution is 2.34. The summed E-state index contributed by atoms with van der Waals surface area (Å²) in [4.78, 5) is 12.2. The molecule has 0 bridgehead atoms. The van der Waals surface area contributed by atoms with Gasteiger partial charge in [-0.2, -0.15) is 13.2 Å². The lowest BCUT2D eigenvalue weighted by molar-refractivity contribution is -0.133. The lowest BCUT2D eigenvalue weighted by atomic mass is 9.74. The topological polar surface area (TPSA) is 41.1 Å². The molecule has 0 unspecified atom stereocenters. The van der Waals surface area contributed by atoms with E-state index in [1.165, 1.54) is 0 Å². The summed E-state index contributed by atoms with van der Waals surface area (Å²) < 4.78 is 35.9. The maximum Gasteiger partial charge on any atom is 0.441 e. The van der Waals surface area contributed by atoms with Crippen molar-refractivity contribution in [2.75, 3.05) is 25.4 Å². The maximum absolute atomic E-state index is 12.2. The minimum atomic E-state index is -4.22. The smallest absolute Gasteiger partial charge is 0.355 e. The molecule has 0 aromatic heterocycles. The fraction of sp³-hybridized carbons (Fsp3) is 0.917. The zero-order chi connectivity index (χ0) is 14.4. The normalized spacial score (nSPS) is 19.2. The van der Waals surface area contributed by atoms with Gasteiger partial charge in [-0.15, -0.1) is 0 Å². The van der Waals surface area contributed by atoms with Gasteiger partial charge in [0.1, 0.15) is 0 Å². The Morgan fingerprint density at radius 3 is 2.53 bits per heavy atom. The summed E-state index contributed by atoms with van der Waals surface area (Å²) in [6, 6.07) is 0. The zero-order valence-electron chi connectivity index (χ0n) is 11.1. The standard InChI is InChI=1S/C12H21F3N2OS/c1-2-3-11(4-6-16-7-5-11)10(18)17-8-9-19-12(13,14)15/h16H,2-9H2,1H3,(H,17,18). The molecule has 1 aliphatic heterocycles. The van der Waals surface area contributed by atoms with E-state index in [0.717, 1.165) is 38.8 Å². The van der Waals surface area contributed by atoms with Crippen LogP contribution in [0, 0.1) is 5.41 Å². The van der Waals surface area contributed by atoms with Crippen molar-refractivity contribution in [1.29, 1.82) is 0 Å². The number of carbonyl (C=O) groups excluding carboxylic acids is 1. The van der Waals surface area contributed by atoms with Gasteiger partial charge in [-0.3, -0.25) is 4.79 Å². The monoisotopic (exact) mass is 298 g/mol. The number of hydrogen-bond donors (Lipinski definition) is 2. The number of halogens is 3. The van der Waals surface area contributed by atoms with Gasteiger partial charge in [0.2, 0.25) is 5.91 Å². The highest BCUT2D eigenvalue weighted by molar-refractivity contribution is 8.00. The van der Waals surface area contributed by atoms with Crippen LogP contribution in [-0.4, -0.2) is 36.8 Å². The zero-order valence-corrected chi connectivity index (χ0v) is 11.9. The highest BCUT2D eigenvalue weighted by atomic mass is 32.2. The van der Waals surface area contributed by atoms with E-state index in [1.807, 2.05) is 6.92 Å². The van der Waals surface area contributed by atoms with Crippen LogP contribution in [0.4, 0.5) is 13.2 Å². The van der Waals surface area contributed by atoms with Crippen LogP contribution >= 0.6 is 11.8 Å². The Morgan fingerprint density at radius 1 is 1.37 bits per heavy atom. The van der Waals surface area contributed by atoms with Crippen LogP contribution in [0.1, 0.15) is 32.6 Å². The number of amides is 1. The summed E-state index contributed by atoms with van der Waals surface area (Å²) in [7, 11) is 0. The Hall–Kier alpha value is -0.430. The number of piperidine rings is 1. The Kier molecular flexibility index (Phi) is 6.46. The predicted molar refractivity (Wildman–Crippen MR) is 71.0 cm³/mol. The molecular weight excluding hydrogens is 277 g/mol. The lowest BCUT2D eigenvalue weighted by Gasteiger charge is -2.36. The van der Waals surface area contributed by atoms with Crippen molar-refractivity contribution in [3.8, 4) is 0 Å². The van der Waals surface area contributed by atoms with Crippen molar-refractivity contribution in [1.82, 2.24) is 10.6 Å². The Morgan fingerprint density at radius 2 is 2.00 bits per heavy atom. The third-order valence-electron chi connectivity index (χ3n) is 3.42. The number of carbonyl (C=O) groups is 1. The molecular formula is C12H21F3N2OS. The van der Waals surface area contributed by atoms with Crippen molar-refractivity contribution < 1.29 is 18.0 Å². The van der Waals surface area contributed by atoms with E-state index in [0.29, 0.717) is 0 Å². The molecule has 0 radical (unpaired) electrons. The molecule has 0 aliphatic carbocycles. The number of nitrogens with one attached hydrogen (secondary N) is 2. The van der Waals surface area contributed by atoms with Crippen LogP contribution in [0.15, 0.2) is 0 Å². The molecule has 0 aromatic carbocycles. The summed E-state index contributed by atoms with van der Waals surface area (Å²) in [5.74, 6) is -0.214. The average Bonchev–Trinajstić information content (AvgIpc) is 2.34. The Balaban J connectivity index is 2.40. The third-order valence-corrected chi connectivity index (χ3v) is 4.16. The van der Waals surface area contributed by atoms with Crippen molar-refractivity contribution in [2.24, 2.45) is 5.41 Å². The van der Waals surface area contributed by atoms with Crippen LogP contribution in [-0.2, 0) is 4.79 Å². The van der Waals surface area contributed by atoms with Crippen LogP contribution in [0.5, 0.6) is 0 Å². The minimum absolute atomic E-state index is 0.0713. The first-order valence-electron chi connectivity index (χ1n) is 6.59. The van der Waals surface area contributed by atoms with Crippen LogP contribution in [0.3, 0.4) is 0 Å². The molecule has 0 spiro atoms. The largest absolute Gasteiger partial charge is 0.441 e. The van der Waals surface area contributed by atoms with Gasteiger partial charge in [-0.25, -0.2) is 0 Å². The molecule has 2 N–H and O–H groups in total. The molecule has 1 saturated heterocycles. The van der Waals surface area contributed by atoms with Gasteiger partial charge in [0.15, 0.2) is 0 Å². The average molecular weight is 298 g/mol. The van der Waals surface area contributed by atoms with Crippen molar-refractivity contribution in [3.63, 3.8) is 0 Å². The van der Waals surface area contributed by atoms with Gasteiger partial charge in [0.05, 0.1) is 5.41 Å². The molecule has 3 nitrogen and oxygen atoms in total. The molecule has 19 heavy (non-hydrogen) atoms. The molecule has 0 atom stereocenters. The molecule has 1 aliphatic rings. The first-order chi connectivity index (χ1) is 8.90. The molecule has 7 heteroatoms. The number of alkyl halides is 3. The summed E-state index contributed by atoms with van der Waals surface area (Å²) in [6.45, 7) is 3.69. The third kappa shape index (κ3) is 5.60. The van der Waals surface area contributed by atoms with E-state index in [4.69, 9.17) is 0 Å². The van der Waals surface area contributed by atoms with Gasteiger partial charge in [0.25, 0.3) is 0 Å². The van der Waals surface area contributed by atoms with Crippen LogP contribution in [0.2, 0.25) is 0 Å². The summed E-state index contributed by atoms with van der Waals surface area (Å²) in [5.41, 5.74) is -4.61. The number of rotatable bonds is 6. The molecule has 1 amide bonds. The Labute approximate surface area is 116 Å². The highest BCUT2D eigenvalue weighted by Gasteiger charge is 2.38. The molecule has 1 fully saturated rings. The van der Waals surface area contributed by atoms with E-state index in [9.17, 15) is 18.0 Å². The van der Waals surface area contributed by atoms with Gasteiger partial charge in [-0.05, 0) is 44.1 Å². The molecule has 1 rings (SSSR count). The fourth-order valence-electron chi connectivity index (χ4n) is 2.49. The van der Waals surface area contributed by atoms with Gasteiger partial charge in [0, 0.05) is 12.3 Å². The first-order valence-corrected chi connectivity index (χ1v) is 7.58.